The second-order valence-corrected chi connectivity index (χ2v) is 11.6. The largest absolute Gasteiger partial charge is 0.497 e. The first-order chi connectivity index (χ1) is 21.4. The van der Waals surface area contributed by atoms with Gasteiger partial charge in [-0.2, -0.15) is 0 Å². The number of ether oxygens (including phenoxy) is 4. The smallest absolute Gasteiger partial charge is 0.213 e. The number of benzene rings is 2. The third-order valence-electron chi connectivity index (χ3n) is 8.72. The van der Waals surface area contributed by atoms with E-state index in [-0.39, 0.29) is 11.9 Å². The number of pyridine rings is 1. The fraction of sp³-hybridized carbons (Fsp3) is 0.400. The Balaban J connectivity index is 1.09. The SMILES string of the molecule is C=C(OC)c1ccc2nc(CN3CCC(c4cccc(OCc5ccc(C(C)=O)c(OC)c5)n4)CC3)n(CC3CCO3)c2c1. The number of carbonyl (C=O) groups excluding carboxylic acids is 1. The van der Waals surface area contributed by atoms with Crippen LogP contribution in [0.5, 0.6) is 11.6 Å². The maximum Gasteiger partial charge on any atom is 0.213 e. The van der Waals surface area contributed by atoms with Gasteiger partial charge in [0.1, 0.15) is 23.9 Å². The van der Waals surface area contributed by atoms with Crippen LogP contribution in [-0.4, -0.2) is 65.2 Å². The Bertz CT molecular complexity index is 1650. The van der Waals surface area contributed by atoms with Crippen molar-refractivity contribution < 1.29 is 23.7 Å². The molecule has 2 aromatic carbocycles. The highest BCUT2D eigenvalue weighted by molar-refractivity contribution is 5.96. The van der Waals surface area contributed by atoms with Crippen LogP contribution in [-0.2, 0) is 29.2 Å². The van der Waals surface area contributed by atoms with E-state index < -0.39 is 0 Å². The molecule has 4 heterocycles. The summed E-state index contributed by atoms with van der Waals surface area (Å²) < 4.78 is 24.9. The van der Waals surface area contributed by atoms with E-state index in [1.54, 1.807) is 20.3 Å². The van der Waals surface area contributed by atoms with Gasteiger partial charge in [0.05, 0.1) is 50.0 Å². The van der Waals surface area contributed by atoms with E-state index >= 15 is 0 Å². The fourth-order valence-electron chi connectivity index (χ4n) is 6.02. The quantitative estimate of drug-likeness (QED) is 0.145. The first-order valence-electron chi connectivity index (χ1n) is 15.3. The third kappa shape index (κ3) is 6.49. The number of rotatable bonds is 12. The highest BCUT2D eigenvalue weighted by Crippen LogP contribution is 2.30. The van der Waals surface area contributed by atoms with Gasteiger partial charge in [-0.25, -0.2) is 9.97 Å². The molecule has 0 saturated carbocycles. The van der Waals surface area contributed by atoms with Gasteiger partial charge in [0, 0.05) is 29.8 Å². The maximum absolute atomic E-state index is 11.8. The summed E-state index contributed by atoms with van der Waals surface area (Å²) >= 11 is 0. The summed E-state index contributed by atoms with van der Waals surface area (Å²) in [6, 6.07) is 17.7. The fourth-order valence-corrected chi connectivity index (χ4v) is 6.02. The Morgan fingerprint density at radius 3 is 2.57 bits per heavy atom. The number of piperidine rings is 1. The van der Waals surface area contributed by atoms with Gasteiger partial charge in [-0.05, 0) is 81.2 Å². The summed E-state index contributed by atoms with van der Waals surface area (Å²) in [5.41, 5.74) is 5.59. The van der Waals surface area contributed by atoms with E-state index in [0.29, 0.717) is 35.5 Å². The molecule has 4 aromatic rings. The first-order valence-corrected chi connectivity index (χ1v) is 15.3. The molecule has 0 spiro atoms. The van der Waals surface area contributed by atoms with Crippen molar-refractivity contribution in [1.29, 1.82) is 0 Å². The van der Waals surface area contributed by atoms with Crippen molar-refractivity contribution in [3.05, 3.63) is 89.4 Å². The van der Waals surface area contributed by atoms with Crippen molar-refractivity contribution >= 4 is 22.6 Å². The van der Waals surface area contributed by atoms with Gasteiger partial charge in [-0.1, -0.05) is 18.7 Å². The average molecular weight is 597 g/mol. The van der Waals surface area contributed by atoms with Gasteiger partial charge < -0.3 is 23.5 Å². The topological polar surface area (TPSA) is 87.9 Å². The van der Waals surface area contributed by atoms with Crippen LogP contribution in [0.1, 0.15) is 65.1 Å². The normalized spacial score (nSPS) is 17.3. The molecule has 0 aliphatic carbocycles. The number of ketones is 1. The van der Waals surface area contributed by atoms with Crippen molar-refractivity contribution in [2.45, 2.75) is 57.9 Å². The van der Waals surface area contributed by atoms with Gasteiger partial charge in [0.25, 0.3) is 0 Å². The number of hydrogen-bond acceptors (Lipinski definition) is 8. The number of hydrogen-bond donors (Lipinski definition) is 0. The molecular formula is C35H40N4O5. The van der Waals surface area contributed by atoms with Crippen LogP contribution in [0, 0.1) is 0 Å². The summed E-state index contributed by atoms with van der Waals surface area (Å²) in [4.78, 5) is 24.2. The Kier molecular flexibility index (Phi) is 8.95. The molecule has 9 heteroatoms. The number of Topliss-reactive ketones (excluding diaryl/α,β-unsaturated/α-hetero) is 1. The molecular weight excluding hydrogens is 556 g/mol. The Morgan fingerprint density at radius 1 is 1.05 bits per heavy atom. The second kappa shape index (κ2) is 13.2. The van der Waals surface area contributed by atoms with Crippen LogP contribution in [0.4, 0.5) is 0 Å². The minimum Gasteiger partial charge on any atom is -0.497 e. The van der Waals surface area contributed by atoms with Gasteiger partial charge >= 0.3 is 0 Å². The highest BCUT2D eigenvalue weighted by atomic mass is 16.5. The minimum absolute atomic E-state index is 0.0280. The number of nitrogens with zero attached hydrogens (tertiary/aromatic N) is 4. The monoisotopic (exact) mass is 596 g/mol. The Morgan fingerprint density at radius 2 is 1.86 bits per heavy atom. The predicted octanol–water partition coefficient (Wildman–Crippen LogP) is 6.01. The Hall–Kier alpha value is -4.21. The lowest BCUT2D eigenvalue weighted by atomic mass is 9.93. The van der Waals surface area contributed by atoms with Crippen molar-refractivity contribution in [3.63, 3.8) is 0 Å². The molecule has 2 aliphatic heterocycles. The molecule has 0 N–H and O–H groups in total. The van der Waals surface area contributed by atoms with Crippen LogP contribution in [0.2, 0.25) is 0 Å². The summed E-state index contributed by atoms with van der Waals surface area (Å²) in [5.74, 6) is 3.21. The van der Waals surface area contributed by atoms with Gasteiger partial charge in [-0.15, -0.1) is 0 Å². The summed E-state index contributed by atoms with van der Waals surface area (Å²) in [6.07, 6.45) is 3.34. The molecule has 2 aliphatic rings. The van der Waals surface area contributed by atoms with Crippen molar-refractivity contribution in [2.24, 2.45) is 0 Å². The molecule has 2 saturated heterocycles. The van der Waals surface area contributed by atoms with Crippen molar-refractivity contribution in [1.82, 2.24) is 19.4 Å². The molecule has 44 heavy (non-hydrogen) atoms. The maximum atomic E-state index is 11.8. The molecule has 0 amide bonds. The van der Waals surface area contributed by atoms with Crippen molar-refractivity contribution in [3.8, 4) is 11.6 Å². The van der Waals surface area contributed by atoms with Crippen LogP contribution < -0.4 is 9.47 Å². The molecule has 2 fully saturated rings. The van der Waals surface area contributed by atoms with Crippen LogP contribution in [0.3, 0.4) is 0 Å². The molecule has 1 unspecified atom stereocenters. The van der Waals surface area contributed by atoms with Crippen molar-refractivity contribution in [2.75, 3.05) is 33.9 Å². The standard InChI is InChI=1S/C35H40N4O5/c1-23(40)29-10-8-25(18-33(29)42-4)22-44-35-7-5-6-30(37-35)26-12-15-38(16-13-26)21-34-36-31-11-9-27(24(2)41-3)19-32(31)39(34)20-28-14-17-43-28/h5-11,18-19,26,28H,2,12-17,20-22H2,1,3-4H3. The number of fused-ring (bicyclic) bond motifs is 1. The van der Waals surface area contributed by atoms with E-state index in [9.17, 15) is 4.79 Å². The second-order valence-electron chi connectivity index (χ2n) is 11.6. The first kappa shape index (κ1) is 29.8. The van der Waals surface area contributed by atoms with E-state index in [1.807, 2.05) is 30.3 Å². The van der Waals surface area contributed by atoms with Crippen LogP contribution >= 0.6 is 0 Å². The lowest BCUT2D eigenvalue weighted by molar-refractivity contribution is -0.0592. The van der Waals surface area contributed by atoms with E-state index in [1.165, 1.54) is 6.92 Å². The van der Waals surface area contributed by atoms with Crippen LogP contribution in [0.25, 0.3) is 16.8 Å². The molecule has 230 valence electrons. The zero-order valence-corrected chi connectivity index (χ0v) is 25.8. The molecule has 2 aromatic heterocycles. The molecule has 1 atom stereocenters. The number of imidazole rings is 1. The van der Waals surface area contributed by atoms with Gasteiger partial charge in [0.2, 0.25) is 5.88 Å². The van der Waals surface area contributed by atoms with Gasteiger partial charge in [0.15, 0.2) is 5.78 Å². The molecule has 9 nitrogen and oxygen atoms in total. The molecule has 6 rings (SSSR count). The lowest BCUT2D eigenvalue weighted by Crippen LogP contribution is -2.35. The third-order valence-corrected chi connectivity index (χ3v) is 8.72. The van der Waals surface area contributed by atoms with E-state index in [4.69, 9.17) is 28.9 Å². The van der Waals surface area contributed by atoms with E-state index in [0.717, 1.165) is 85.7 Å². The predicted molar refractivity (Wildman–Crippen MR) is 169 cm³/mol. The summed E-state index contributed by atoms with van der Waals surface area (Å²) in [5, 5.41) is 0. The summed E-state index contributed by atoms with van der Waals surface area (Å²) in [6.45, 7) is 10.3. The minimum atomic E-state index is -0.0280. The Labute approximate surface area is 258 Å². The average Bonchev–Trinajstić information content (AvgIpc) is 3.37. The molecule has 0 bridgehead atoms. The van der Waals surface area contributed by atoms with Gasteiger partial charge in [-0.3, -0.25) is 9.69 Å². The van der Waals surface area contributed by atoms with Crippen LogP contribution in [0.15, 0.2) is 61.2 Å². The highest BCUT2D eigenvalue weighted by Gasteiger charge is 2.26. The molecule has 0 radical (unpaired) electrons. The number of aromatic nitrogens is 3. The zero-order valence-electron chi connectivity index (χ0n) is 25.8. The number of methoxy groups -OCH3 is 2. The lowest BCUT2D eigenvalue weighted by Gasteiger charge is -2.32. The number of carbonyl (C=O) groups is 1. The van der Waals surface area contributed by atoms with E-state index in [2.05, 4.69) is 34.2 Å². The summed E-state index contributed by atoms with van der Waals surface area (Å²) in [7, 11) is 3.22. The number of likely N-dealkylation sites (tertiary alicyclic amines) is 1. The zero-order chi connectivity index (χ0) is 30.6.